The molecule has 128 valence electrons. The minimum Gasteiger partial charge on any atom is -0.466 e. The topological polar surface area (TPSA) is 36.9 Å². The van der Waals surface area contributed by atoms with Gasteiger partial charge >= 0.3 is 0 Å². The number of hydrogen-bond donors (Lipinski definition) is 0. The molecule has 0 aromatic heterocycles. The lowest BCUT2D eigenvalue weighted by atomic mass is 11.9. The van der Waals surface area contributed by atoms with Gasteiger partial charge in [0, 0.05) is 0 Å². The van der Waals surface area contributed by atoms with E-state index in [-0.39, 0.29) is 0 Å². The van der Waals surface area contributed by atoms with E-state index in [1.807, 2.05) is 0 Å². The maximum Gasteiger partial charge on any atom is 0.160 e. The number of hydrogen-bond acceptors (Lipinski definition) is 4. The van der Waals surface area contributed by atoms with Crippen LogP contribution in [0.25, 0.3) is 0 Å². The molecule has 21 heavy (non-hydrogen) atoms. The van der Waals surface area contributed by atoms with Crippen molar-refractivity contribution in [3.8, 4) is 0 Å². The molecule has 0 aliphatic carbocycles. The van der Waals surface area contributed by atoms with Crippen molar-refractivity contribution in [3.05, 3.63) is 0 Å². The van der Waals surface area contributed by atoms with Crippen molar-refractivity contribution in [2.75, 3.05) is 0 Å². The quantitative estimate of drug-likeness (QED) is 0.393. The highest BCUT2D eigenvalue weighted by atomic mass is 30.2. The van der Waals surface area contributed by atoms with Crippen LogP contribution in [0.1, 0.15) is 0 Å². The van der Waals surface area contributed by atoms with E-state index in [1.54, 1.807) is 0 Å². The SMILES string of the molecule is C[Si](C)(O[SiH3])[Si]([Si](C)(C)O[SiH3])([Si](C)(C)O[SiH3])[Si](C)(C)O[SiH3]. The minimum atomic E-state index is -1.90. The van der Waals surface area contributed by atoms with Crippen LogP contribution in [-0.2, 0) is 16.5 Å². The van der Waals surface area contributed by atoms with Crippen LogP contribution < -0.4 is 0 Å². The molecule has 0 saturated carbocycles. The summed E-state index contributed by atoms with van der Waals surface area (Å²) in [5, 5.41) is 0. The molecule has 0 N–H and O–H groups in total. The van der Waals surface area contributed by atoms with E-state index in [0.717, 1.165) is 41.9 Å². The molecule has 13 heteroatoms. The fraction of sp³-hybridized carbons (Fsp3) is 1.00. The van der Waals surface area contributed by atoms with Gasteiger partial charge in [0.05, 0.1) is 0 Å². The maximum atomic E-state index is 6.42. The highest BCUT2D eigenvalue weighted by molar-refractivity contribution is 8.04. The van der Waals surface area contributed by atoms with Crippen LogP contribution in [0, 0.1) is 0 Å². The van der Waals surface area contributed by atoms with E-state index in [9.17, 15) is 0 Å². The van der Waals surface area contributed by atoms with Gasteiger partial charge in [0.25, 0.3) is 0 Å². The van der Waals surface area contributed by atoms with Crippen molar-refractivity contribution in [1.82, 2.24) is 0 Å². The highest BCUT2D eigenvalue weighted by Crippen LogP contribution is 2.43. The van der Waals surface area contributed by atoms with Crippen LogP contribution in [-0.4, -0.2) is 79.4 Å². The molecule has 0 aliphatic heterocycles. The molecule has 0 amide bonds. The summed E-state index contributed by atoms with van der Waals surface area (Å²) in [4.78, 5) is 0. The van der Waals surface area contributed by atoms with Crippen molar-refractivity contribution in [2.45, 2.75) is 52.4 Å². The first-order chi connectivity index (χ1) is 9.24. The van der Waals surface area contributed by atoms with E-state index < -0.39 is 37.5 Å². The van der Waals surface area contributed by atoms with Gasteiger partial charge in [0.2, 0.25) is 0 Å². The second-order valence-corrected chi connectivity index (χ2v) is 60.2. The zero-order valence-electron chi connectivity index (χ0n) is 16.1. The van der Waals surface area contributed by atoms with Crippen molar-refractivity contribution in [1.29, 1.82) is 0 Å². The van der Waals surface area contributed by atoms with Gasteiger partial charge in [-0.15, -0.1) is 0 Å². The Bertz CT molecular complexity index is 290. The molecule has 0 saturated heterocycles. The molecule has 0 aliphatic rings. The van der Waals surface area contributed by atoms with Gasteiger partial charge in [-0.05, 0) is 52.4 Å². The van der Waals surface area contributed by atoms with E-state index >= 15 is 0 Å². The molecule has 0 fully saturated rings. The fourth-order valence-corrected chi connectivity index (χ4v) is 167. The summed E-state index contributed by atoms with van der Waals surface area (Å²) >= 11 is 0. The Morgan fingerprint density at radius 2 is 0.571 bits per heavy atom. The van der Waals surface area contributed by atoms with Gasteiger partial charge < -0.3 is 16.5 Å². The van der Waals surface area contributed by atoms with Crippen LogP contribution in [0.2, 0.25) is 52.4 Å². The average Bonchev–Trinajstić information content (AvgIpc) is 2.37. The molecule has 0 atom stereocenters. The van der Waals surface area contributed by atoms with Gasteiger partial charge in [-0.25, -0.2) is 0 Å². The lowest BCUT2D eigenvalue weighted by Gasteiger charge is -2.62. The van der Waals surface area contributed by atoms with Crippen LogP contribution in [0.4, 0.5) is 0 Å². The molecule has 0 aromatic carbocycles. The zero-order valence-corrected chi connectivity index (χ0v) is 29.1. The second kappa shape index (κ2) is 7.35. The van der Waals surface area contributed by atoms with E-state index in [0.29, 0.717) is 0 Å². The Hall–Kier alpha value is 1.79. The first kappa shape index (κ1) is 22.8. The molecule has 4 nitrogen and oxygen atoms in total. The second-order valence-electron chi connectivity index (χ2n) is 7.61. The van der Waals surface area contributed by atoms with Gasteiger partial charge in [0.15, 0.2) is 37.5 Å². The standard InChI is InChI=1S/C8H36O4Si9/c1-17(2,9-13)21(18(3,4)10-14,19(5,6)11-15)20(7,8)12-16/h1-8,13-16H3. The summed E-state index contributed by atoms with van der Waals surface area (Å²) in [5.74, 6) is 0. The Labute approximate surface area is 147 Å². The lowest BCUT2D eigenvalue weighted by molar-refractivity contribution is 0.601. The molecule has 0 spiro atoms. The summed E-state index contributed by atoms with van der Waals surface area (Å²) < 4.78 is 25.7. The molecule has 0 rings (SSSR count). The molecular formula is C8H36O4Si9. The van der Waals surface area contributed by atoms with Crippen molar-refractivity contribution in [2.24, 2.45) is 0 Å². The molecular weight excluding hydrogens is 413 g/mol. The summed E-state index contributed by atoms with van der Waals surface area (Å²) in [6, 6.07) is 0. The zero-order chi connectivity index (χ0) is 17.3. The molecule has 0 heterocycles. The third-order valence-corrected chi connectivity index (χ3v) is 123. The Balaban J connectivity index is 6.85. The van der Waals surface area contributed by atoms with Gasteiger partial charge in [-0.2, -0.15) is 0 Å². The first-order valence-electron chi connectivity index (χ1n) is 7.45. The Morgan fingerprint density at radius 3 is 0.667 bits per heavy atom. The monoisotopic (exact) mass is 448 g/mol. The van der Waals surface area contributed by atoms with Crippen LogP contribution in [0.5, 0.6) is 0 Å². The molecule has 0 bridgehead atoms. The van der Waals surface area contributed by atoms with Crippen molar-refractivity contribution in [3.63, 3.8) is 0 Å². The van der Waals surface area contributed by atoms with Gasteiger partial charge in [0.1, 0.15) is 41.9 Å². The first-order valence-corrected chi connectivity index (χ1v) is 28.3. The molecule has 0 unspecified atom stereocenters. The van der Waals surface area contributed by atoms with Crippen LogP contribution in [0.15, 0.2) is 0 Å². The Morgan fingerprint density at radius 1 is 0.429 bits per heavy atom. The maximum absolute atomic E-state index is 6.42. The fourth-order valence-electron chi connectivity index (χ4n) is 4.96. The third kappa shape index (κ3) is 3.44. The summed E-state index contributed by atoms with van der Waals surface area (Å²) in [7, 11) is -4.12. The van der Waals surface area contributed by atoms with Crippen molar-refractivity contribution < 1.29 is 16.5 Å². The third-order valence-electron chi connectivity index (χ3n) is 5.65. The van der Waals surface area contributed by atoms with E-state index in [4.69, 9.17) is 16.5 Å². The number of rotatable bonds is 8. The largest absolute Gasteiger partial charge is 0.466 e. The normalized spacial score (nSPS) is 18.3. The summed E-state index contributed by atoms with van der Waals surface area (Å²) in [6.07, 6.45) is -1.90. The van der Waals surface area contributed by atoms with Crippen LogP contribution >= 0.6 is 0 Å². The van der Waals surface area contributed by atoms with E-state index in [1.165, 1.54) is 0 Å². The van der Waals surface area contributed by atoms with E-state index in [2.05, 4.69) is 52.4 Å². The Kier molecular flexibility index (Phi) is 7.98. The average molecular weight is 449 g/mol. The molecule has 0 aromatic rings. The highest BCUT2D eigenvalue weighted by Gasteiger charge is 2.77. The van der Waals surface area contributed by atoms with Crippen LogP contribution in [0.3, 0.4) is 0 Å². The van der Waals surface area contributed by atoms with Gasteiger partial charge in [-0.1, -0.05) is 0 Å². The smallest absolute Gasteiger partial charge is 0.160 e. The van der Waals surface area contributed by atoms with Gasteiger partial charge in [-0.3, -0.25) is 0 Å². The summed E-state index contributed by atoms with van der Waals surface area (Å²) in [5.41, 5.74) is 0. The summed E-state index contributed by atoms with van der Waals surface area (Å²) in [6.45, 7) is 19.6. The molecule has 0 radical (unpaired) electrons. The lowest BCUT2D eigenvalue weighted by Crippen LogP contribution is -2.96. The minimum absolute atomic E-state index is 0.817. The van der Waals surface area contributed by atoms with Crippen molar-refractivity contribution >= 4 is 79.4 Å². The predicted molar refractivity (Wildman–Crippen MR) is 120 cm³/mol. The predicted octanol–water partition coefficient (Wildman–Crippen LogP) is -2.24.